The highest BCUT2D eigenvalue weighted by Gasteiger charge is 2.22. The molecule has 0 spiro atoms. The third-order valence-electron chi connectivity index (χ3n) is 6.26. The molecule has 0 radical (unpaired) electrons. The summed E-state index contributed by atoms with van der Waals surface area (Å²) >= 11 is 0. The highest BCUT2D eigenvalue weighted by Crippen LogP contribution is 2.20. The molecule has 2 aromatic carbocycles. The molecule has 1 aliphatic heterocycles. The lowest BCUT2D eigenvalue weighted by Crippen LogP contribution is -2.35. The summed E-state index contributed by atoms with van der Waals surface area (Å²) < 4.78 is 13.3. The molecule has 7 nitrogen and oxygen atoms in total. The molecule has 1 aromatic heterocycles. The standard InChI is InChI=1S/C27H32FN5O2.2ClH/c1-19-25(32-26(31-19)21-10-12-22(28)13-11-21)27(35)33-16-6-5-14-29-23(20-8-3-2-4-9-20)18-24(34)30-15-7-17-33;;/h2-4,8-13,23,29H,5-7,14-18H2,1H3,(H,30,34)(H,31,32);2*1H. The van der Waals surface area contributed by atoms with Gasteiger partial charge >= 0.3 is 0 Å². The molecule has 0 saturated carbocycles. The molecule has 10 heteroatoms. The van der Waals surface area contributed by atoms with Crippen LogP contribution in [0.2, 0.25) is 0 Å². The lowest BCUT2D eigenvalue weighted by atomic mass is 10.0. The Labute approximate surface area is 229 Å². The Balaban J connectivity index is 0.00000241. The minimum atomic E-state index is -0.319. The predicted octanol–water partition coefficient (Wildman–Crippen LogP) is 4.83. The van der Waals surface area contributed by atoms with Crippen LogP contribution in [0, 0.1) is 12.7 Å². The number of nitrogens with zero attached hydrogens (tertiary/aromatic N) is 2. The molecule has 1 unspecified atom stereocenters. The number of benzene rings is 2. The predicted molar refractivity (Wildman–Crippen MR) is 148 cm³/mol. The molecule has 2 amide bonds. The molecule has 0 aliphatic carbocycles. The maximum atomic E-state index is 13.4. The van der Waals surface area contributed by atoms with Crippen LogP contribution in [0.25, 0.3) is 11.4 Å². The van der Waals surface area contributed by atoms with Gasteiger partial charge in [-0.2, -0.15) is 0 Å². The molecule has 4 rings (SSSR count). The second-order valence-corrected chi connectivity index (χ2v) is 8.89. The van der Waals surface area contributed by atoms with Crippen LogP contribution in [0.4, 0.5) is 4.39 Å². The Bertz CT molecular complexity index is 1140. The number of carbonyl (C=O) groups excluding carboxylic acids is 2. The lowest BCUT2D eigenvalue weighted by molar-refractivity contribution is -0.121. The number of halogens is 3. The Morgan fingerprint density at radius 2 is 1.68 bits per heavy atom. The van der Waals surface area contributed by atoms with Crippen molar-refractivity contribution in [3.05, 3.63) is 77.4 Å². The number of H-pyrrole nitrogens is 1. The SMILES string of the molecule is Cc1[nH]c(-c2ccc(F)cc2)nc1C(=O)N1CCCCNC(c2ccccc2)CC(=O)NCCC1.Cl.Cl. The van der Waals surface area contributed by atoms with Crippen LogP contribution in [-0.2, 0) is 4.79 Å². The summed E-state index contributed by atoms with van der Waals surface area (Å²) in [7, 11) is 0. The molecule has 0 bridgehead atoms. The van der Waals surface area contributed by atoms with E-state index in [4.69, 9.17) is 0 Å². The first-order chi connectivity index (χ1) is 17.0. The summed E-state index contributed by atoms with van der Waals surface area (Å²) in [6.07, 6.45) is 2.77. The Hall–Kier alpha value is -2.94. The number of imidazole rings is 1. The van der Waals surface area contributed by atoms with E-state index in [0.29, 0.717) is 49.7 Å². The molecular formula is C27H34Cl2FN5O2. The van der Waals surface area contributed by atoms with Crippen molar-refractivity contribution in [1.29, 1.82) is 0 Å². The Morgan fingerprint density at radius 3 is 2.41 bits per heavy atom. The fourth-order valence-corrected chi connectivity index (χ4v) is 4.33. The van der Waals surface area contributed by atoms with Crippen molar-refractivity contribution in [3.8, 4) is 11.4 Å². The minimum absolute atomic E-state index is 0. The summed E-state index contributed by atoms with van der Waals surface area (Å²) in [5, 5.41) is 6.50. The highest BCUT2D eigenvalue weighted by molar-refractivity contribution is 5.94. The maximum Gasteiger partial charge on any atom is 0.274 e. The van der Waals surface area contributed by atoms with Crippen LogP contribution in [-0.4, -0.2) is 52.9 Å². The molecule has 200 valence electrons. The fourth-order valence-electron chi connectivity index (χ4n) is 4.33. The zero-order valence-electron chi connectivity index (χ0n) is 20.8. The number of rotatable bonds is 3. The van der Waals surface area contributed by atoms with Gasteiger partial charge in [0.15, 0.2) is 0 Å². The van der Waals surface area contributed by atoms with Crippen LogP contribution in [0.1, 0.15) is 53.5 Å². The molecule has 3 aromatic rings. The van der Waals surface area contributed by atoms with Gasteiger partial charge in [0.2, 0.25) is 5.91 Å². The smallest absolute Gasteiger partial charge is 0.274 e. The van der Waals surface area contributed by atoms with E-state index in [9.17, 15) is 14.0 Å². The maximum absolute atomic E-state index is 13.4. The van der Waals surface area contributed by atoms with E-state index in [2.05, 4.69) is 20.6 Å². The van der Waals surface area contributed by atoms with Crippen LogP contribution in [0.3, 0.4) is 0 Å². The number of aromatic amines is 1. The summed E-state index contributed by atoms with van der Waals surface area (Å²) in [6, 6.07) is 16.0. The van der Waals surface area contributed by atoms with Gasteiger partial charge in [-0.1, -0.05) is 30.3 Å². The number of hydrogen-bond acceptors (Lipinski definition) is 4. The van der Waals surface area contributed by atoms with Crippen LogP contribution in [0.5, 0.6) is 0 Å². The normalized spacial score (nSPS) is 17.2. The second-order valence-electron chi connectivity index (χ2n) is 8.89. The van der Waals surface area contributed by atoms with Gasteiger partial charge in [-0.05, 0) is 62.6 Å². The average molecular weight is 551 g/mol. The minimum Gasteiger partial charge on any atom is -0.356 e. The topological polar surface area (TPSA) is 90.1 Å². The Morgan fingerprint density at radius 1 is 0.973 bits per heavy atom. The Kier molecular flexibility index (Phi) is 12.0. The van der Waals surface area contributed by atoms with Crippen molar-refractivity contribution in [3.63, 3.8) is 0 Å². The molecule has 1 fully saturated rings. The first kappa shape index (κ1) is 30.3. The first-order valence-corrected chi connectivity index (χ1v) is 12.2. The van der Waals surface area contributed by atoms with E-state index in [1.807, 2.05) is 42.2 Å². The number of carbonyl (C=O) groups is 2. The van der Waals surface area contributed by atoms with Crippen molar-refractivity contribution in [1.82, 2.24) is 25.5 Å². The van der Waals surface area contributed by atoms with E-state index in [0.717, 1.165) is 30.5 Å². The van der Waals surface area contributed by atoms with E-state index >= 15 is 0 Å². The molecule has 3 N–H and O–H groups in total. The van der Waals surface area contributed by atoms with Gasteiger partial charge in [-0.25, -0.2) is 9.37 Å². The first-order valence-electron chi connectivity index (χ1n) is 12.2. The summed E-state index contributed by atoms with van der Waals surface area (Å²) in [6.45, 7) is 4.23. The van der Waals surface area contributed by atoms with Crippen molar-refractivity contribution in [2.75, 3.05) is 26.2 Å². The molecule has 37 heavy (non-hydrogen) atoms. The van der Waals surface area contributed by atoms with Crippen molar-refractivity contribution in [2.24, 2.45) is 0 Å². The van der Waals surface area contributed by atoms with Gasteiger partial charge < -0.3 is 20.5 Å². The zero-order chi connectivity index (χ0) is 24.6. The number of amides is 2. The molecule has 1 aliphatic rings. The second kappa shape index (κ2) is 14.7. The summed E-state index contributed by atoms with van der Waals surface area (Å²) in [4.78, 5) is 35.4. The number of hydrogen-bond donors (Lipinski definition) is 3. The van der Waals surface area contributed by atoms with Gasteiger partial charge in [0.25, 0.3) is 5.91 Å². The third-order valence-corrected chi connectivity index (χ3v) is 6.26. The van der Waals surface area contributed by atoms with Crippen LogP contribution in [0.15, 0.2) is 54.6 Å². The van der Waals surface area contributed by atoms with Crippen molar-refractivity contribution >= 4 is 36.6 Å². The average Bonchev–Trinajstić information content (AvgIpc) is 3.26. The molecule has 1 saturated heterocycles. The summed E-state index contributed by atoms with van der Waals surface area (Å²) in [5.41, 5.74) is 2.87. The monoisotopic (exact) mass is 549 g/mol. The molecule has 1 atom stereocenters. The van der Waals surface area contributed by atoms with E-state index in [-0.39, 0.29) is 48.5 Å². The van der Waals surface area contributed by atoms with Crippen LogP contribution < -0.4 is 10.6 Å². The highest BCUT2D eigenvalue weighted by atomic mass is 35.5. The number of aryl methyl sites for hydroxylation is 1. The van der Waals surface area contributed by atoms with Gasteiger partial charge in [0, 0.05) is 43.4 Å². The van der Waals surface area contributed by atoms with E-state index < -0.39 is 0 Å². The molecular weight excluding hydrogens is 516 g/mol. The largest absolute Gasteiger partial charge is 0.356 e. The van der Waals surface area contributed by atoms with E-state index in [1.54, 1.807) is 12.1 Å². The van der Waals surface area contributed by atoms with Crippen molar-refractivity contribution in [2.45, 2.75) is 38.6 Å². The number of aromatic nitrogens is 2. The lowest BCUT2D eigenvalue weighted by Gasteiger charge is -2.22. The quantitative estimate of drug-likeness (QED) is 0.436. The van der Waals surface area contributed by atoms with Gasteiger partial charge in [-0.15, -0.1) is 24.8 Å². The van der Waals surface area contributed by atoms with Gasteiger partial charge in [-0.3, -0.25) is 9.59 Å². The zero-order valence-corrected chi connectivity index (χ0v) is 22.5. The summed E-state index contributed by atoms with van der Waals surface area (Å²) in [5.74, 6) is 0.0826. The third kappa shape index (κ3) is 8.28. The van der Waals surface area contributed by atoms with Gasteiger partial charge in [0.1, 0.15) is 17.3 Å². The molecule has 2 heterocycles. The number of nitrogens with one attached hydrogen (secondary N) is 3. The van der Waals surface area contributed by atoms with Crippen LogP contribution >= 0.6 is 24.8 Å². The fraction of sp³-hybridized carbons (Fsp3) is 0.370. The van der Waals surface area contributed by atoms with E-state index in [1.165, 1.54) is 12.1 Å². The van der Waals surface area contributed by atoms with Crippen molar-refractivity contribution < 1.29 is 14.0 Å². The van der Waals surface area contributed by atoms with Gasteiger partial charge in [0.05, 0.1) is 0 Å².